The van der Waals surface area contributed by atoms with Gasteiger partial charge in [0.2, 0.25) is 0 Å². The normalized spacial score (nSPS) is 20.6. The maximum Gasteiger partial charge on any atom is 0.123 e. The van der Waals surface area contributed by atoms with Gasteiger partial charge in [0, 0.05) is 23.3 Å². The number of fused-ring (bicyclic) bond motifs is 1. The molecule has 2 heterocycles. The molecule has 7 nitrogen and oxygen atoms in total. The van der Waals surface area contributed by atoms with Gasteiger partial charge in [0.25, 0.3) is 0 Å². The van der Waals surface area contributed by atoms with E-state index in [1.807, 2.05) is 6.07 Å². The summed E-state index contributed by atoms with van der Waals surface area (Å²) in [6, 6.07) is 10.6. The van der Waals surface area contributed by atoms with Crippen LogP contribution in [0.1, 0.15) is 82.6 Å². The van der Waals surface area contributed by atoms with Crippen molar-refractivity contribution in [2.45, 2.75) is 70.5 Å². The lowest BCUT2D eigenvalue weighted by atomic mass is 9.73. The third-order valence-electron chi connectivity index (χ3n) is 7.96. The first-order chi connectivity index (χ1) is 19.2. The first kappa shape index (κ1) is 24.3. The summed E-state index contributed by atoms with van der Waals surface area (Å²) in [5, 5.41) is 26.6. The largest absolute Gasteiger partial charge is 0.380 e. The van der Waals surface area contributed by atoms with Crippen LogP contribution in [0.15, 0.2) is 48.8 Å². The Morgan fingerprint density at radius 3 is 2.72 bits per heavy atom. The van der Waals surface area contributed by atoms with Crippen molar-refractivity contribution in [3.05, 3.63) is 76.5 Å². The molecule has 0 unspecified atom stereocenters. The predicted octanol–water partition coefficient (Wildman–Crippen LogP) is 7.41. The van der Waals surface area contributed by atoms with Gasteiger partial charge in [-0.3, -0.25) is 4.98 Å². The van der Waals surface area contributed by atoms with E-state index in [2.05, 4.69) is 45.8 Å². The number of nitriles is 1. The summed E-state index contributed by atoms with van der Waals surface area (Å²) < 4.78 is 25.2. The summed E-state index contributed by atoms with van der Waals surface area (Å²) in [7, 11) is 0. The number of halogens is 2. The van der Waals surface area contributed by atoms with E-state index in [0.717, 1.165) is 32.1 Å². The maximum absolute atomic E-state index is 13.8. The number of benzene rings is 2. The van der Waals surface area contributed by atoms with E-state index in [9.17, 15) is 11.0 Å². The lowest BCUT2D eigenvalue weighted by molar-refractivity contribution is 0.217. The molecule has 2 N–H and O–H groups in total. The van der Waals surface area contributed by atoms with E-state index in [0.29, 0.717) is 50.2 Å². The number of hydrogen-bond donors (Lipinski definition) is 2. The Morgan fingerprint density at radius 2 is 2.00 bits per heavy atom. The molecule has 2 fully saturated rings. The zero-order valence-electron chi connectivity index (χ0n) is 23.0. The van der Waals surface area contributed by atoms with Gasteiger partial charge in [0.15, 0.2) is 0 Å². The molecule has 2 aliphatic carbocycles. The molecule has 0 amide bonds. The van der Waals surface area contributed by atoms with Gasteiger partial charge in [-0.2, -0.15) is 5.26 Å². The van der Waals surface area contributed by atoms with Crippen LogP contribution < -0.4 is 10.6 Å². The summed E-state index contributed by atoms with van der Waals surface area (Å²) in [5.41, 5.74) is 3.18. The van der Waals surface area contributed by atoms with E-state index in [4.69, 9.17) is 11.6 Å². The Balaban J connectivity index is 1.45. The fourth-order valence-corrected chi connectivity index (χ4v) is 5.73. The van der Waals surface area contributed by atoms with E-state index in [1.54, 1.807) is 35.3 Å². The minimum absolute atomic E-state index is 0.0620. The third-order valence-corrected chi connectivity index (χ3v) is 8.25. The zero-order valence-corrected chi connectivity index (χ0v) is 22.8. The number of rotatable bonds is 7. The van der Waals surface area contributed by atoms with Crippen molar-refractivity contribution >= 4 is 33.9 Å². The highest BCUT2D eigenvalue weighted by Gasteiger charge is 2.33. The van der Waals surface area contributed by atoms with E-state index in [-0.39, 0.29) is 11.5 Å². The SMILES string of the molecule is [2H][C@](Nc1cc(Cl)c2ncc(C#N)c(N[C@H]3CCCCC3(C)C)c2c1)(c1ccc(F)cc1)c1cn(C2CC2)nn1. The second-order valence-corrected chi connectivity index (χ2v) is 11.7. The van der Waals surface area contributed by atoms with Crippen LogP contribution in [-0.2, 0) is 0 Å². The predicted molar refractivity (Wildman–Crippen MR) is 151 cm³/mol. The molecule has 6 rings (SSSR count). The summed E-state index contributed by atoms with van der Waals surface area (Å²) in [5.74, 6) is -0.391. The second kappa shape index (κ2) is 10.1. The summed E-state index contributed by atoms with van der Waals surface area (Å²) in [6.07, 6.45) is 9.81. The third kappa shape index (κ3) is 5.16. The number of pyridine rings is 1. The van der Waals surface area contributed by atoms with Gasteiger partial charge in [0.05, 0.1) is 41.4 Å². The van der Waals surface area contributed by atoms with Crippen LogP contribution in [0, 0.1) is 22.6 Å². The molecule has 0 radical (unpaired) electrons. The molecule has 0 aliphatic heterocycles. The van der Waals surface area contributed by atoms with Gasteiger partial charge in [-0.15, -0.1) is 5.10 Å². The maximum atomic E-state index is 13.8. The Kier molecular flexibility index (Phi) is 6.32. The summed E-state index contributed by atoms with van der Waals surface area (Å²) >= 11 is 6.77. The Morgan fingerprint density at radius 1 is 1.21 bits per heavy atom. The van der Waals surface area contributed by atoms with Crippen molar-refractivity contribution in [2.24, 2.45) is 5.41 Å². The van der Waals surface area contributed by atoms with Gasteiger partial charge >= 0.3 is 0 Å². The number of anilines is 2. The lowest BCUT2D eigenvalue weighted by Gasteiger charge is -2.40. The van der Waals surface area contributed by atoms with E-state index >= 15 is 0 Å². The van der Waals surface area contributed by atoms with Crippen LogP contribution >= 0.6 is 11.6 Å². The molecular weight excluding hydrogens is 513 g/mol. The van der Waals surface area contributed by atoms with Crippen LogP contribution in [0.25, 0.3) is 10.9 Å². The highest BCUT2D eigenvalue weighted by Crippen LogP contribution is 2.41. The second-order valence-electron chi connectivity index (χ2n) is 11.3. The Labute approximate surface area is 233 Å². The average Bonchev–Trinajstić information content (AvgIpc) is 3.65. The van der Waals surface area contributed by atoms with Gasteiger partial charge in [-0.05, 0) is 60.9 Å². The van der Waals surface area contributed by atoms with Crippen LogP contribution in [0.4, 0.5) is 15.8 Å². The quantitative estimate of drug-likeness (QED) is 0.252. The molecule has 200 valence electrons. The van der Waals surface area contributed by atoms with Gasteiger partial charge in [0.1, 0.15) is 17.6 Å². The van der Waals surface area contributed by atoms with Crippen LogP contribution in [0.3, 0.4) is 0 Å². The average molecular weight is 545 g/mol. The molecule has 0 bridgehead atoms. The van der Waals surface area contributed by atoms with Crippen LogP contribution in [0.2, 0.25) is 5.02 Å². The fraction of sp³-hybridized carbons (Fsp3) is 0.400. The van der Waals surface area contributed by atoms with Crippen LogP contribution in [-0.4, -0.2) is 26.0 Å². The Hall–Kier alpha value is -3.70. The first-order valence-corrected chi connectivity index (χ1v) is 13.8. The molecule has 0 saturated heterocycles. The molecule has 39 heavy (non-hydrogen) atoms. The molecule has 2 atom stereocenters. The molecule has 2 aromatic carbocycles. The topological polar surface area (TPSA) is 91.5 Å². The van der Waals surface area contributed by atoms with Crippen molar-refractivity contribution in [3.8, 4) is 6.07 Å². The van der Waals surface area contributed by atoms with Gasteiger partial charge < -0.3 is 10.6 Å². The number of hydrogen-bond acceptors (Lipinski definition) is 6. The number of nitrogens with zero attached hydrogens (tertiary/aromatic N) is 5. The van der Waals surface area contributed by atoms with Crippen molar-refractivity contribution in [1.29, 1.82) is 5.26 Å². The number of nitrogens with one attached hydrogen (secondary N) is 2. The summed E-state index contributed by atoms with van der Waals surface area (Å²) in [6.45, 7) is 4.51. The zero-order chi connectivity index (χ0) is 28.1. The Bertz CT molecular complexity index is 1610. The van der Waals surface area contributed by atoms with Crippen LogP contribution in [0.5, 0.6) is 0 Å². The van der Waals surface area contributed by atoms with E-state index in [1.165, 1.54) is 18.6 Å². The minimum Gasteiger partial charge on any atom is -0.380 e. The smallest absolute Gasteiger partial charge is 0.123 e. The lowest BCUT2D eigenvalue weighted by Crippen LogP contribution is -2.39. The molecule has 4 aromatic rings. The van der Waals surface area contributed by atoms with Crippen molar-refractivity contribution in [2.75, 3.05) is 10.6 Å². The molecule has 0 spiro atoms. The molecular formula is C30H31ClFN7. The van der Waals surface area contributed by atoms with Crippen molar-refractivity contribution in [3.63, 3.8) is 0 Å². The van der Waals surface area contributed by atoms with E-state index < -0.39 is 11.8 Å². The van der Waals surface area contributed by atoms with Crippen molar-refractivity contribution in [1.82, 2.24) is 20.0 Å². The minimum atomic E-state index is -1.59. The van der Waals surface area contributed by atoms with Gasteiger partial charge in [-0.1, -0.05) is 55.6 Å². The fourth-order valence-electron chi connectivity index (χ4n) is 5.46. The monoisotopic (exact) mass is 544 g/mol. The molecule has 2 aromatic heterocycles. The van der Waals surface area contributed by atoms with Gasteiger partial charge in [-0.25, -0.2) is 9.07 Å². The molecule has 9 heteroatoms. The number of aromatic nitrogens is 4. The molecule has 2 saturated carbocycles. The summed E-state index contributed by atoms with van der Waals surface area (Å²) in [4.78, 5) is 4.50. The molecule has 2 aliphatic rings. The first-order valence-electron chi connectivity index (χ1n) is 13.9. The highest BCUT2D eigenvalue weighted by atomic mass is 35.5. The highest BCUT2D eigenvalue weighted by molar-refractivity contribution is 6.35. The standard InChI is InChI=1S/C30H31ClFN7/c1-30(2)12-4-3-5-26(30)36-27-19(15-33)16-34-29-23(27)13-21(14-24(29)31)35-28(18-6-8-20(32)9-7-18)25-17-39(38-37-25)22-10-11-22/h6-9,13-14,16-17,22,26,28,35H,3-5,10-12H2,1-2H3,(H,34,36)/t26-,28-/m0/s1/i28D. The van der Waals surface area contributed by atoms with Crippen molar-refractivity contribution < 1.29 is 5.76 Å².